The van der Waals surface area contributed by atoms with E-state index < -0.39 is 9.84 Å². The number of phenols is 2. The first-order chi connectivity index (χ1) is 7.88. The summed E-state index contributed by atoms with van der Waals surface area (Å²) >= 11 is 0. The summed E-state index contributed by atoms with van der Waals surface area (Å²) in [5.41, 5.74) is 0.669. The quantitative estimate of drug-likeness (QED) is 0.652. The van der Waals surface area contributed by atoms with E-state index in [-0.39, 0.29) is 17.3 Å². The average molecular weight is 259 g/mol. The van der Waals surface area contributed by atoms with Crippen molar-refractivity contribution < 1.29 is 18.6 Å². The second-order valence-corrected chi connectivity index (χ2v) is 6.23. The molecule has 3 N–H and O–H groups in total. The fourth-order valence-corrected chi connectivity index (χ4v) is 2.05. The molecule has 0 unspecified atom stereocenters. The predicted octanol–water partition coefficient (Wildman–Crippen LogP) is 0.622. The lowest BCUT2D eigenvalue weighted by molar-refractivity contribution is 0.443. The largest absolute Gasteiger partial charge is 0.508 e. The van der Waals surface area contributed by atoms with E-state index >= 15 is 0 Å². The molecule has 1 rings (SSSR count). The lowest BCUT2D eigenvalue weighted by Crippen LogP contribution is -2.17. The number of hydrogen-bond acceptors (Lipinski definition) is 5. The molecule has 0 aromatic heterocycles. The minimum absolute atomic E-state index is 0.0170. The third-order valence-corrected chi connectivity index (χ3v) is 3.28. The Bertz CT molecular complexity index is 470. The van der Waals surface area contributed by atoms with Gasteiger partial charge in [0, 0.05) is 24.4 Å². The van der Waals surface area contributed by atoms with E-state index in [4.69, 9.17) is 5.11 Å². The van der Waals surface area contributed by atoms with Crippen LogP contribution in [0.3, 0.4) is 0 Å². The van der Waals surface area contributed by atoms with Gasteiger partial charge in [0.15, 0.2) is 0 Å². The molecule has 0 bridgehead atoms. The van der Waals surface area contributed by atoms with Gasteiger partial charge in [-0.3, -0.25) is 0 Å². The number of phenolic OH excluding ortho intramolecular Hbond substituents is 2. The summed E-state index contributed by atoms with van der Waals surface area (Å²) in [6.45, 7) is 1.00. The molecule has 0 spiro atoms. The summed E-state index contributed by atoms with van der Waals surface area (Å²) in [5, 5.41) is 21.6. The number of aromatic hydroxyl groups is 2. The standard InChI is InChI=1S/C11H17NO4S/c1-17(15,16)6-2-5-12-8-9-3-4-10(13)7-11(9)14/h3-4,7,12-14H,2,5-6,8H2,1H3. The average Bonchev–Trinajstić information content (AvgIpc) is 2.18. The molecule has 17 heavy (non-hydrogen) atoms. The topological polar surface area (TPSA) is 86.6 Å². The maximum absolute atomic E-state index is 10.9. The molecule has 5 nitrogen and oxygen atoms in total. The molecule has 0 saturated heterocycles. The van der Waals surface area contributed by atoms with Gasteiger partial charge in [0.25, 0.3) is 0 Å². The highest BCUT2D eigenvalue weighted by Gasteiger charge is 2.03. The van der Waals surface area contributed by atoms with Crippen molar-refractivity contribution in [3.63, 3.8) is 0 Å². The Kier molecular flexibility index (Phi) is 4.77. The third kappa shape index (κ3) is 5.55. The maximum Gasteiger partial charge on any atom is 0.147 e. The molecule has 0 atom stereocenters. The molecular weight excluding hydrogens is 242 g/mol. The summed E-state index contributed by atoms with van der Waals surface area (Å²) < 4.78 is 21.7. The van der Waals surface area contributed by atoms with Crippen LogP contribution in [0.2, 0.25) is 0 Å². The van der Waals surface area contributed by atoms with Gasteiger partial charge in [0.1, 0.15) is 21.3 Å². The van der Waals surface area contributed by atoms with E-state index in [1.165, 1.54) is 18.4 Å². The second kappa shape index (κ2) is 5.88. The molecule has 0 saturated carbocycles. The van der Waals surface area contributed by atoms with Gasteiger partial charge < -0.3 is 15.5 Å². The van der Waals surface area contributed by atoms with Gasteiger partial charge in [-0.2, -0.15) is 0 Å². The summed E-state index contributed by atoms with van der Waals surface area (Å²) in [7, 11) is -2.91. The van der Waals surface area contributed by atoms with Crippen LogP contribution in [0.15, 0.2) is 18.2 Å². The van der Waals surface area contributed by atoms with Crippen molar-refractivity contribution in [2.24, 2.45) is 0 Å². The zero-order chi connectivity index (χ0) is 12.9. The van der Waals surface area contributed by atoms with Gasteiger partial charge in [0.2, 0.25) is 0 Å². The molecule has 0 aliphatic rings. The van der Waals surface area contributed by atoms with Crippen LogP contribution in [-0.2, 0) is 16.4 Å². The SMILES string of the molecule is CS(=O)(=O)CCCNCc1ccc(O)cc1O. The summed E-state index contributed by atoms with van der Waals surface area (Å²) in [6, 6.07) is 4.38. The van der Waals surface area contributed by atoms with Gasteiger partial charge in [-0.1, -0.05) is 6.07 Å². The van der Waals surface area contributed by atoms with Crippen LogP contribution in [-0.4, -0.2) is 37.2 Å². The van der Waals surface area contributed by atoms with Gasteiger partial charge in [-0.15, -0.1) is 0 Å². The van der Waals surface area contributed by atoms with Crippen molar-refractivity contribution in [2.75, 3.05) is 18.6 Å². The molecule has 96 valence electrons. The van der Waals surface area contributed by atoms with Gasteiger partial charge >= 0.3 is 0 Å². The monoisotopic (exact) mass is 259 g/mol. The van der Waals surface area contributed by atoms with Crippen LogP contribution in [0.4, 0.5) is 0 Å². The summed E-state index contributed by atoms with van der Waals surface area (Å²) in [5.74, 6) is 0.200. The second-order valence-electron chi connectivity index (χ2n) is 3.97. The molecule has 0 heterocycles. The first-order valence-corrected chi connectivity index (χ1v) is 7.34. The van der Waals surface area contributed by atoms with Gasteiger partial charge in [-0.25, -0.2) is 8.42 Å². The lowest BCUT2D eigenvalue weighted by atomic mass is 10.2. The zero-order valence-electron chi connectivity index (χ0n) is 9.68. The third-order valence-electron chi connectivity index (χ3n) is 2.25. The Hall–Kier alpha value is -1.27. The highest BCUT2D eigenvalue weighted by Crippen LogP contribution is 2.22. The van der Waals surface area contributed by atoms with E-state index in [0.717, 1.165) is 0 Å². The Labute approximate surface area is 101 Å². The smallest absolute Gasteiger partial charge is 0.147 e. The number of sulfone groups is 1. The van der Waals surface area contributed by atoms with Crippen molar-refractivity contribution in [2.45, 2.75) is 13.0 Å². The van der Waals surface area contributed by atoms with Crippen molar-refractivity contribution >= 4 is 9.84 Å². The Morgan fingerprint density at radius 1 is 1.29 bits per heavy atom. The van der Waals surface area contributed by atoms with Crippen molar-refractivity contribution in [3.05, 3.63) is 23.8 Å². The van der Waals surface area contributed by atoms with Crippen LogP contribution in [0.5, 0.6) is 11.5 Å². The van der Waals surface area contributed by atoms with Crippen LogP contribution in [0, 0.1) is 0 Å². The zero-order valence-corrected chi connectivity index (χ0v) is 10.5. The van der Waals surface area contributed by atoms with E-state index in [9.17, 15) is 13.5 Å². The number of rotatable bonds is 6. The van der Waals surface area contributed by atoms with E-state index in [1.54, 1.807) is 6.07 Å². The van der Waals surface area contributed by atoms with Gasteiger partial charge in [0.05, 0.1) is 5.75 Å². The maximum atomic E-state index is 10.9. The lowest BCUT2D eigenvalue weighted by Gasteiger charge is -2.06. The van der Waals surface area contributed by atoms with Crippen LogP contribution in [0.1, 0.15) is 12.0 Å². The molecule has 0 radical (unpaired) electrons. The fraction of sp³-hybridized carbons (Fsp3) is 0.455. The van der Waals surface area contributed by atoms with Crippen LogP contribution >= 0.6 is 0 Å². The first-order valence-electron chi connectivity index (χ1n) is 5.28. The first kappa shape index (κ1) is 13.8. The molecule has 1 aromatic rings. The normalized spacial score (nSPS) is 11.6. The molecule has 0 aliphatic heterocycles. The van der Waals surface area contributed by atoms with E-state index in [1.807, 2.05) is 0 Å². The molecule has 1 aromatic carbocycles. The van der Waals surface area contributed by atoms with Crippen LogP contribution in [0.25, 0.3) is 0 Å². The Morgan fingerprint density at radius 3 is 2.59 bits per heavy atom. The fourth-order valence-electron chi connectivity index (χ4n) is 1.38. The predicted molar refractivity (Wildman–Crippen MR) is 65.8 cm³/mol. The molecule has 0 amide bonds. The Balaban J connectivity index is 2.32. The molecule has 6 heteroatoms. The van der Waals surface area contributed by atoms with E-state index in [2.05, 4.69) is 5.32 Å². The van der Waals surface area contributed by atoms with Crippen molar-refractivity contribution in [1.82, 2.24) is 5.32 Å². The summed E-state index contributed by atoms with van der Waals surface area (Å²) in [6.07, 6.45) is 1.75. The van der Waals surface area contributed by atoms with E-state index in [0.29, 0.717) is 25.1 Å². The molecular formula is C11H17NO4S. The van der Waals surface area contributed by atoms with Crippen molar-refractivity contribution in [3.8, 4) is 11.5 Å². The number of benzene rings is 1. The summed E-state index contributed by atoms with van der Waals surface area (Å²) in [4.78, 5) is 0. The highest BCUT2D eigenvalue weighted by molar-refractivity contribution is 7.90. The minimum atomic E-state index is -2.91. The number of nitrogens with one attached hydrogen (secondary N) is 1. The van der Waals surface area contributed by atoms with Crippen molar-refractivity contribution in [1.29, 1.82) is 0 Å². The van der Waals surface area contributed by atoms with Crippen LogP contribution < -0.4 is 5.32 Å². The molecule has 0 fully saturated rings. The Morgan fingerprint density at radius 2 is 2.00 bits per heavy atom. The molecule has 0 aliphatic carbocycles. The number of hydrogen-bond donors (Lipinski definition) is 3. The minimum Gasteiger partial charge on any atom is -0.508 e. The van der Waals surface area contributed by atoms with Gasteiger partial charge in [-0.05, 0) is 19.0 Å². The highest BCUT2D eigenvalue weighted by atomic mass is 32.2.